The molecule has 1 amide bonds. The van der Waals surface area contributed by atoms with E-state index in [1.807, 2.05) is 31.2 Å². The van der Waals surface area contributed by atoms with Crippen LogP contribution in [0.1, 0.15) is 27.0 Å². The second kappa shape index (κ2) is 8.17. The number of carbonyl (C=O) groups excluding carboxylic acids is 1. The van der Waals surface area contributed by atoms with Gasteiger partial charge in [-0.25, -0.2) is 0 Å². The molecule has 3 rings (SSSR count). The van der Waals surface area contributed by atoms with Crippen molar-refractivity contribution < 1.29 is 22.7 Å². The Kier molecular flexibility index (Phi) is 5.68. The number of rotatable bonds is 5. The van der Waals surface area contributed by atoms with Crippen molar-refractivity contribution in [3.05, 3.63) is 95.1 Å². The summed E-state index contributed by atoms with van der Waals surface area (Å²) in [6.07, 6.45) is -4.46. The van der Waals surface area contributed by atoms with Crippen molar-refractivity contribution in [2.75, 3.05) is 5.32 Å². The van der Waals surface area contributed by atoms with Crippen molar-refractivity contribution >= 4 is 11.6 Å². The van der Waals surface area contributed by atoms with Gasteiger partial charge >= 0.3 is 6.18 Å². The normalized spacial score (nSPS) is 11.1. The van der Waals surface area contributed by atoms with Crippen molar-refractivity contribution in [3.8, 4) is 5.75 Å². The highest BCUT2D eigenvalue weighted by Crippen LogP contribution is 2.30. The maximum Gasteiger partial charge on any atom is 0.416 e. The van der Waals surface area contributed by atoms with Crippen LogP contribution in [0.2, 0.25) is 0 Å². The Hall–Kier alpha value is -3.28. The fourth-order valence-electron chi connectivity index (χ4n) is 2.60. The van der Waals surface area contributed by atoms with Gasteiger partial charge in [-0.2, -0.15) is 13.2 Å². The molecule has 3 nitrogen and oxygen atoms in total. The summed E-state index contributed by atoms with van der Waals surface area (Å²) in [6, 6.07) is 18.9. The number of ether oxygens (including phenoxy) is 1. The van der Waals surface area contributed by atoms with E-state index in [1.165, 1.54) is 12.1 Å². The van der Waals surface area contributed by atoms with Crippen LogP contribution in [-0.4, -0.2) is 5.91 Å². The fourth-order valence-corrected chi connectivity index (χ4v) is 2.60. The molecule has 28 heavy (non-hydrogen) atoms. The summed E-state index contributed by atoms with van der Waals surface area (Å²) in [7, 11) is 0. The Labute approximate surface area is 160 Å². The minimum absolute atomic E-state index is 0.0895. The van der Waals surface area contributed by atoms with E-state index in [9.17, 15) is 18.0 Å². The Balaban J connectivity index is 1.62. The topological polar surface area (TPSA) is 38.3 Å². The Morgan fingerprint density at radius 1 is 0.964 bits per heavy atom. The molecule has 6 heteroatoms. The summed E-state index contributed by atoms with van der Waals surface area (Å²) in [6.45, 7) is 2.32. The molecule has 0 saturated carbocycles. The molecule has 0 aromatic heterocycles. The number of amides is 1. The van der Waals surface area contributed by atoms with Gasteiger partial charge in [0.2, 0.25) is 0 Å². The predicted molar refractivity (Wildman–Crippen MR) is 101 cm³/mol. The quantitative estimate of drug-likeness (QED) is 0.599. The first-order valence-electron chi connectivity index (χ1n) is 8.58. The van der Waals surface area contributed by atoms with Gasteiger partial charge in [0, 0.05) is 11.3 Å². The monoisotopic (exact) mass is 385 g/mol. The number of carbonyl (C=O) groups is 1. The van der Waals surface area contributed by atoms with E-state index in [0.29, 0.717) is 12.2 Å². The fraction of sp³-hybridized carbons (Fsp3) is 0.136. The number of halogens is 3. The number of hydrogen-bond acceptors (Lipinski definition) is 2. The average Bonchev–Trinajstić information content (AvgIpc) is 2.66. The second-order valence-electron chi connectivity index (χ2n) is 6.33. The molecule has 0 bridgehead atoms. The maximum atomic E-state index is 12.8. The van der Waals surface area contributed by atoms with E-state index in [-0.39, 0.29) is 5.69 Å². The first-order valence-corrected chi connectivity index (χ1v) is 8.58. The third-order valence-electron chi connectivity index (χ3n) is 4.06. The van der Waals surface area contributed by atoms with Crippen LogP contribution in [0, 0.1) is 6.92 Å². The molecule has 3 aromatic rings. The Morgan fingerprint density at radius 2 is 1.68 bits per heavy atom. The van der Waals surface area contributed by atoms with Gasteiger partial charge in [-0.05, 0) is 60.5 Å². The van der Waals surface area contributed by atoms with Gasteiger partial charge in [-0.15, -0.1) is 0 Å². The minimum Gasteiger partial charge on any atom is -0.489 e. The maximum absolute atomic E-state index is 12.8. The molecule has 0 aliphatic heterocycles. The van der Waals surface area contributed by atoms with Crippen LogP contribution in [0.4, 0.5) is 18.9 Å². The third kappa shape index (κ3) is 5.13. The van der Waals surface area contributed by atoms with Gasteiger partial charge in [0.25, 0.3) is 5.91 Å². The molecule has 144 valence electrons. The molecule has 0 fully saturated rings. The van der Waals surface area contributed by atoms with Gasteiger partial charge < -0.3 is 10.1 Å². The Morgan fingerprint density at radius 3 is 2.36 bits per heavy atom. The van der Waals surface area contributed by atoms with Gasteiger partial charge in [-0.3, -0.25) is 4.79 Å². The summed E-state index contributed by atoms with van der Waals surface area (Å²) >= 11 is 0. The summed E-state index contributed by atoms with van der Waals surface area (Å²) in [4.78, 5) is 12.3. The zero-order valence-corrected chi connectivity index (χ0v) is 15.1. The summed E-state index contributed by atoms with van der Waals surface area (Å²) in [5.41, 5.74) is 1.59. The highest BCUT2D eigenvalue weighted by Gasteiger charge is 2.30. The molecule has 0 heterocycles. The van der Waals surface area contributed by atoms with Gasteiger partial charge in [0.15, 0.2) is 0 Å². The van der Waals surface area contributed by atoms with Crippen LogP contribution in [0.25, 0.3) is 0 Å². The first kappa shape index (κ1) is 19.5. The van der Waals surface area contributed by atoms with Crippen LogP contribution < -0.4 is 10.1 Å². The van der Waals surface area contributed by atoms with Crippen LogP contribution in [0.15, 0.2) is 72.8 Å². The number of hydrogen-bond donors (Lipinski definition) is 1. The van der Waals surface area contributed by atoms with Crippen LogP contribution in [0.5, 0.6) is 5.75 Å². The minimum atomic E-state index is -4.46. The van der Waals surface area contributed by atoms with E-state index in [4.69, 9.17) is 4.74 Å². The number of nitrogens with one attached hydrogen (secondary N) is 1. The molecule has 3 aromatic carbocycles. The van der Waals surface area contributed by atoms with Gasteiger partial charge in [-0.1, -0.05) is 30.3 Å². The first-order chi connectivity index (χ1) is 13.3. The lowest BCUT2D eigenvalue weighted by Crippen LogP contribution is -2.13. The molecular weight excluding hydrogens is 367 g/mol. The summed E-state index contributed by atoms with van der Waals surface area (Å²) < 4.78 is 44.0. The van der Waals surface area contributed by atoms with E-state index in [0.717, 1.165) is 29.0 Å². The highest BCUT2D eigenvalue weighted by atomic mass is 19.4. The van der Waals surface area contributed by atoms with Crippen molar-refractivity contribution in [2.45, 2.75) is 19.7 Å². The van der Waals surface area contributed by atoms with E-state index in [2.05, 4.69) is 5.32 Å². The Bertz CT molecular complexity index is 966. The van der Waals surface area contributed by atoms with Crippen LogP contribution in [-0.2, 0) is 12.8 Å². The molecular formula is C22H18F3NO2. The highest BCUT2D eigenvalue weighted by molar-refractivity contribution is 6.04. The van der Waals surface area contributed by atoms with E-state index in [1.54, 1.807) is 24.3 Å². The van der Waals surface area contributed by atoms with E-state index >= 15 is 0 Å². The number of aryl methyl sites for hydroxylation is 1. The third-order valence-corrected chi connectivity index (χ3v) is 4.06. The zero-order chi connectivity index (χ0) is 20.1. The number of benzene rings is 3. The smallest absolute Gasteiger partial charge is 0.416 e. The lowest BCUT2D eigenvalue weighted by molar-refractivity contribution is -0.137. The molecule has 0 spiro atoms. The van der Waals surface area contributed by atoms with E-state index < -0.39 is 17.6 Å². The van der Waals surface area contributed by atoms with Crippen molar-refractivity contribution in [3.63, 3.8) is 0 Å². The zero-order valence-electron chi connectivity index (χ0n) is 15.1. The van der Waals surface area contributed by atoms with Gasteiger partial charge in [0.05, 0.1) is 5.56 Å². The largest absolute Gasteiger partial charge is 0.489 e. The molecule has 0 unspecified atom stereocenters. The summed E-state index contributed by atoms with van der Waals surface area (Å²) in [5, 5.41) is 2.48. The average molecular weight is 385 g/mol. The molecule has 0 aliphatic rings. The predicted octanol–water partition coefficient (Wildman–Crippen LogP) is 5.85. The number of anilines is 1. The van der Waals surface area contributed by atoms with Gasteiger partial charge in [0.1, 0.15) is 12.4 Å². The lowest BCUT2D eigenvalue weighted by atomic mass is 10.1. The molecule has 0 radical (unpaired) electrons. The van der Waals surface area contributed by atoms with Crippen molar-refractivity contribution in [1.29, 1.82) is 0 Å². The van der Waals surface area contributed by atoms with Crippen molar-refractivity contribution in [1.82, 2.24) is 0 Å². The standard InChI is InChI=1S/C22H18F3NO2/c1-15-4-2-7-20(12-15)28-14-16-8-10-17(11-9-16)21(27)26-19-6-3-5-18(13-19)22(23,24)25/h2-13H,14H2,1H3,(H,26,27). The second-order valence-corrected chi connectivity index (χ2v) is 6.33. The van der Waals surface area contributed by atoms with Crippen molar-refractivity contribution in [2.24, 2.45) is 0 Å². The molecule has 1 N–H and O–H groups in total. The SMILES string of the molecule is Cc1cccc(OCc2ccc(C(=O)Nc3cccc(C(F)(F)F)c3)cc2)c1. The number of alkyl halides is 3. The van der Waals surface area contributed by atoms with Crippen LogP contribution in [0.3, 0.4) is 0 Å². The van der Waals surface area contributed by atoms with Crippen LogP contribution >= 0.6 is 0 Å². The lowest BCUT2D eigenvalue weighted by Gasteiger charge is -2.10. The summed E-state index contributed by atoms with van der Waals surface area (Å²) in [5.74, 6) is 0.275. The molecule has 0 saturated heterocycles. The molecule has 0 atom stereocenters. The molecule has 0 aliphatic carbocycles.